The molecule has 0 amide bonds. The zero-order valence-electron chi connectivity index (χ0n) is 8.96. The Morgan fingerprint density at radius 3 is 2.57 bits per heavy atom. The third-order valence-corrected chi connectivity index (χ3v) is 3.22. The van der Waals surface area contributed by atoms with Gasteiger partial charge in [-0.2, -0.15) is 0 Å². The van der Waals surface area contributed by atoms with Crippen LogP contribution in [0.5, 0.6) is 0 Å². The number of hydrogen-bond acceptors (Lipinski definition) is 2. The molecule has 1 aliphatic carbocycles. The Bertz CT molecular complexity index is 329. The normalized spacial score (nSPS) is 16.4. The van der Waals surface area contributed by atoms with Crippen LogP contribution in [0, 0.1) is 6.92 Å². The van der Waals surface area contributed by atoms with Crippen LogP contribution < -0.4 is 10.6 Å². The van der Waals surface area contributed by atoms with Crippen LogP contribution in [0.25, 0.3) is 0 Å². The molecule has 0 aliphatic heterocycles. The van der Waals surface area contributed by atoms with E-state index < -0.39 is 0 Å². The lowest BCUT2D eigenvalue weighted by atomic mass is 9.91. The first kappa shape index (κ1) is 9.38. The molecule has 1 fully saturated rings. The van der Waals surface area contributed by atoms with E-state index in [9.17, 15) is 0 Å². The van der Waals surface area contributed by atoms with Crippen molar-refractivity contribution in [3.63, 3.8) is 0 Å². The minimum absolute atomic E-state index is 0.748. The van der Waals surface area contributed by atoms with E-state index in [1.807, 2.05) is 12.1 Å². The number of nitrogen functional groups attached to an aromatic ring is 1. The van der Waals surface area contributed by atoms with E-state index >= 15 is 0 Å². The first-order chi connectivity index (χ1) is 6.68. The molecule has 1 aromatic rings. The van der Waals surface area contributed by atoms with Crippen molar-refractivity contribution in [1.82, 2.24) is 0 Å². The SMILES string of the molecule is Cc1cc(N)ccc1N(C)C1CCC1. The van der Waals surface area contributed by atoms with Gasteiger partial charge in [-0.05, 0) is 49.9 Å². The number of aryl methyl sites for hydroxylation is 1. The summed E-state index contributed by atoms with van der Waals surface area (Å²) >= 11 is 0. The molecule has 1 saturated carbocycles. The molecule has 0 aromatic heterocycles. The van der Waals surface area contributed by atoms with Crippen molar-refractivity contribution in [2.75, 3.05) is 17.7 Å². The van der Waals surface area contributed by atoms with E-state index in [2.05, 4.69) is 24.9 Å². The number of anilines is 2. The van der Waals surface area contributed by atoms with Crippen molar-refractivity contribution in [2.45, 2.75) is 32.2 Å². The smallest absolute Gasteiger partial charge is 0.0397 e. The van der Waals surface area contributed by atoms with E-state index in [1.165, 1.54) is 30.5 Å². The van der Waals surface area contributed by atoms with Crippen LogP contribution in [0.15, 0.2) is 18.2 Å². The summed E-state index contributed by atoms with van der Waals surface area (Å²) in [4.78, 5) is 2.39. The summed E-state index contributed by atoms with van der Waals surface area (Å²) in [7, 11) is 2.18. The predicted molar refractivity (Wildman–Crippen MR) is 61.6 cm³/mol. The molecule has 0 unspecified atom stereocenters. The maximum absolute atomic E-state index is 5.73. The molecule has 14 heavy (non-hydrogen) atoms. The largest absolute Gasteiger partial charge is 0.399 e. The molecule has 2 nitrogen and oxygen atoms in total. The van der Waals surface area contributed by atoms with E-state index in [0.29, 0.717) is 0 Å². The van der Waals surface area contributed by atoms with Crippen LogP contribution in [0.2, 0.25) is 0 Å². The summed E-state index contributed by atoms with van der Waals surface area (Å²) in [5.41, 5.74) is 9.19. The highest BCUT2D eigenvalue weighted by molar-refractivity contribution is 5.59. The van der Waals surface area contributed by atoms with Gasteiger partial charge in [-0.15, -0.1) is 0 Å². The van der Waals surface area contributed by atoms with Gasteiger partial charge < -0.3 is 10.6 Å². The van der Waals surface area contributed by atoms with Gasteiger partial charge in [-0.25, -0.2) is 0 Å². The standard InChI is InChI=1S/C12H18N2/c1-9-8-10(13)6-7-12(9)14(2)11-4-3-5-11/h6-8,11H,3-5,13H2,1-2H3. The molecule has 2 heteroatoms. The number of nitrogens with two attached hydrogens (primary N) is 1. The average Bonchev–Trinajstić information content (AvgIpc) is 2.00. The quantitative estimate of drug-likeness (QED) is 0.726. The number of nitrogens with zero attached hydrogens (tertiary/aromatic N) is 1. The minimum Gasteiger partial charge on any atom is -0.399 e. The van der Waals surface area contributed by atoms with Gasteiger partial charge in [0.05, 0.1) is 0 Å². The molecule has 76 valence electrons. The Kier molecular flexibility index (Phi) is 2.36. The Hall–Kier alpha value is -1.18. The van der Waals surface area contributed by atoms with Crippen molar-refractivity contribution in [2.24, 2.45) is 0 Å². The van der Waals surface area contributed by atoms with Gasteiger partial charge in [0, 0.05) is 24.5 Å². The predicted octanol–water partition coefficient (Wildman–Crippen LogP) is 2.57. The fourth-order valence-corrected chi connectivity index (χ4v) is 2.05. The van der Waals surface area contributed by atoms with Gasteiger partial charge in [0.1, 0.15) is 0 Å². The summed E-state index contributed by atoms with van der Waals surface area (Å²) in [6, 6.07) is 6.91. The lowest BCUT2D eigenvalue weighted by Crippen LogP contribution is -2.37. The fraction of sp³-hybridized carbons (Fsp3) is 0.500. The Morgan fingerprint density at radius 2 is 2.07 bits per heavy atom. The number of hydrogen-bond donors (Lipinski definition) is 1. The van der Waals surface area contributed by atoms with Gasteiger partial charge in [0.2, 0.25) is 0 Å². The molecule has 1 aliphatic rings. The molecular formula is C12H18N2. The van der Waals surface area contributed by atoms with Crippen LogP contribution in [-0.4, -0.2) is 13.1 Å². The lowest BCUT2D eigenvalue weighted by Gasteiger charge is -2.37. The molecule has 0 heterocycles. The first-order valence-electron chi connectivity index (χ1n) is 5.27. The average molecular weight is 190 g/mol. The van der Waals surface area contributed by atoms with Crippen LogP contribution in [0.4, 0.5) is 11.4 Å². The summed E-state index contributed by atoms with van der Waals surface area (Å²) in [5.74, 6) is 0. The molecule has 0 bridgehead atoms. The minimum atomic E-state index is 0.748. The van der Waals surface area contributed by atoms with Gasteiger partial charge in [0.15, 0.2) is 0 Å². The van der Waals surface area contributed by atoms with E-state index in [-0.39, 0.29) is 0 Å². The second kappa shape index (κ2) is 3.52. The second-order valence-electron chi connectivity index (χ2n) is 4.24. The molecule has 0 atom stereocenters. The second-order valence-corrected chi connectivity index (χ2v) is 4.24. The van der Waals surface area contributed by atoms with Crippen molar-refractivity contribution in [1.29, 1.82) is 0 Å². The highest BCUT2D eigenvalue weighted by Gasteiger charge is 2.22. The zero-order chi connectivity index (χ0) is 10.1. The van der Waals surface area contributed by atoms with Crippen LogP contribution in [-0.2, 0) is 0 Å². The van der Waals surface area contributed by atoms with Crippen molar-refractivity contribution >= 4 is 11.4 Å². The summed E-state index contributed by atoms with van der Waals surface area (Å²) in [6.07, 6.45) is 4.05. The molecule has 0 spiro atoms. The van der Waals surface area contributed by atoms with E-state index in [0.717, 1.165) is 11.7 Å². The van der Waals surface area contributed by atoms with Gasteiger partial charge >= 0.3 is 0 Å². The first-order valence-corrected chi connectivity index (χ1v) is 5.27. The van der Waals surface area contributed by atoms with Gasteiger partial charge in [-0.3, -0.25) is 0 Å². The fourth-order valence-electron chi connectivity index (χ4n) is 2.05. The monoisotopic (exact) mass is 190 g/mol. The van der Waals surface area contributed by atoms with Crippen LogP contribution in [0.3, 0.4) is 0 Å². The van der Waals surface area contributed by atoms with Crippen LogP contribution in [0.1, 0.15) is 24.8 Å². The number of benzene rings is 1. The summed E-state index contributed by atoms with van der Waals surface area (Å²) in [5, 5.41) is 0. The highest BCUT2D eigenvalue weighted by Crippen LogP contribution is 2.30. The van der Waals surface area contributed by atoms with Gasteiger partial charge in [-0.1, -0.05) is 0 Å². The Labute approximate surface area is 85.7 Å². The van der Waals surface area contributed by atoms with E-state index in [1.54, 1.807) is 0 Å². The maximum Gasteiger partial charge on any atom is 0.0397 e. The summed E-state index contributed by atoms with van der Waals surface area (Å²) in [6.45, 7) is 2.13. The topological polar surface area (TPSA) is 29.3 Å². The number of rotatable bonds is 2. The Morgan fingerprint density at radius 1 is 1.36 bits per heavy atom. The van der Waals surface area contributed by atoms with Crippen molar-refractivity contribution in [3.8, 4) is 0 Å². The molecule has 0 radical (unpaired) electrons. The maximum atomic E-state index is 5.73. The van der Waals surface area contributed by atoms with Gasteiger partial charge in [0.25, 0.3) is 0 Å². The van der Waals surface area contributed by atoms with Crippen molar-refractivity contribution < 1.29 is 0 Å². The lowest BCUT2D eigenvalue weighted by molar-refractivity contribution is 0.401. The molecule has 2 N–H and O–H groups in total. The third kappa shape index (κ3) is 1.57. The third-order valence-electron chi connectivity index (χ3n) is 3.22. The highest BCUT2D eigenvalue weighted by atomic mass is 15.1. The molecule has 2 rings (SSSR count). The van der Waals surface area contributed by atoms with Crippen molar-refractivity contribution in [3.05, 3.63) is 23.8 Å². The zero-order valence-corrected chi connectivity index (χ0v) is 8.96. The summed E-state index contributed by atoms with van der Waals surface area (Å²) < 4.78 is 0. The molecular weight excluding hydrogens is 172 g/mol. The molecule has 1 aromatic carbocycles. The van der Waals surface area contributed by atoms with Crippen LogP contribution >= 0.6 is 0 Å². The Balaban J connectivity index is 2.22. The van der Waals surface area contributed by atoms with E-state index in [4.69, 9.17) is 5.73 Å². The molecule has 0 saturated heterocycles.